The first-order chi connectivity index (χ1) is 20.6. The highest BCUT2D eigenvalue weighted by Gasteiger charge is 2.43. The number of amides is 1. The molecule has 0 spiro atoms. The number of rotatable bonds is 8. The van der Waals surface area contributed by atoms with Gasteiger partial charge in [0.25, 0.3) is 0 Å². The van der Waals surface area contributed by atoms with E-state index in [9.17, 15) is 4.79 Å². The minimum atomic E-state index is -0.904. The number of hydrogen-bond donors (Lipinski definition) is 0. The van der Waals surface area contributed by atoms with Gasteiger partial charge in [-0.25, -0.2) is 4.79 Å². The highest BCUT2D eigenvalue weighted by Crippen LogP contribution is 2.43. The molecule has 5 rings (SSSR count). The molecule has 0 saturated carbocycles. The van der Waals surface area contributed by atoms with Crippen molar-refractivity contribution in [3.8, 4) is 0 Å². The van der Waals surface area contributed by atoms with E-state index in [-0.39, 0.29) is 12.6 Å². The minimum absolute atomic E-state index is 0.276. The molecule has 0 aromatic heterocycles. The van der Waals surface area contributed by atoms with Gasteiger partial charge in [-0.2, -0.15) is 0 Å². The van der Waals surface area contributed by atoms with Crippen LogP contribution < -0.4 is 0 Å². The fourth-order valence-corrected chi connectivity index (χ4v) is 5.95. The topological polar surface area (TPSA) is 48.0 Å². The molecule has 43 heavy (non-hydrogen) atoms. The smallest absolute Gasteiger partial charge is 0.410 e. The van der Waals surface area contributed by atoms with E-state index in [2.05, 4.69) is 36.4 Å². The van der Waals surface area contributed by atoms with Crippen molar-refractivity contribution >= 4 is 29.3 Å². The number of carbonyl (C=O) groups excluding carboxylic acids is 1. The van der Waals surface area contributed by atoms with Gasteiger partial charge in [0.1, 0.15) is 16.8 Å². The molecule has 7 heteroatoms. The quantitative estimate of drug-likeness (QED) is 0.185. The molecule has 1 aliphatic heterocycles. The molecule has 1 aliphatic rings. The summed E-state index contributed by atoms with van der Waals surface area (Å²) in [6, 6.07) is 36.2. The summed E-state index contributed by atoms with van der Waals surface area (Å²) < 4.78 is 19.4. The summed E-state index contributed by atoms with van der Waals surface area (Å²) in [5.74, 6) is 0. The van der Waals surface area contributed by atoms with Gasteiger partial charge < -0.3 is 19.1 Å². The summed E-state index contributed by atoms with van der Waals surface area (Å²) in [6.45, 7) is 6.92. The van der Waals surface area contributed by atoms with Crippen LogP contribution in [0.2, 0.25) is 10.0 Å². The second-order valence-corrected chi connectivity index (χ2v) is 12.6. The van der Waals surface area contributed by atoms with Crippen LogP contribution in [-0.2, 0) is 25.4 Å². The molecule has 224 valence electrons. The molecule has 1 heterocycles. The third-order valence-electron chi connectivity index (χ3n) is 7.65. The van der Waals surface area contributed by atoms with Crippen molar-refractivity contribution in [1.82, 2.24) is 4.90 Å². The lowest BCUT2D eigenvalue weighted by Gasteiger charge is -2.44. The van der Waals surface area contributed by atoms with Gasteiger partial charge in [0.2, 0.25) is 0 Å². The zero-order valence-corrected chi connectivity index (χ0v) is 26.3. The number of ether oxygens (including phenoxy) is 3. The van der Waals surface area contributed by atoms with Crippen molar-refractivity contribution in [1.29, 1.82) is 0 Å². The van der Waals surface area contributed by atoms with E-state index >= 15 is 0 Å². The van der Waals surface area contributed by atoms with Crippen LogP contribution in [0.25, 0.3) is 0 Å². The molecular weight excluding hydrogens is 581 g/mol. The summed E-state index contributed by atoms with van der Waals surface area (Å²) in [5, 5.41) is 0.873. The van der Waals surface area contributed by atoms with E-state index < -0.39 is 16.8 Å². The van der Waals surface area contributed by atoms with Crippen LogP contribution in [0.1, 0.15) is 49.4 Å². The van der Waals surface area contributed by atoms with Crippen molar-refractivity contribution in [2.45, 2.75) is 44.0 Å². The lowest BCUT2D eigenvalue weighted by atomic mass is 9.80. The summed E-state index contributed by atoms with van der Waals surface area (Å²) in [5.41, 5.74) is 1.44. The fourth-order valence-electron chi connectivity index (χ4n) is 5.65. The SMILES string of the molecule is CC(C)(C)OC(=O)N1CCOC(CCOC(c2ccccc2)(c2ccccc2)c2ccccc2)(c2ccc(Cl)c(Cl)c2)C1. The zero-order valence-electron chi connectivity index (χ0n) is 24.8. The summed E-state index contributed by atoms with van der Waals surface area (Å²) in [7, 11) is 0. The van der Waals surface area contributed by atoms with Crippen LogP contribution >= 0.6 is 23.2 Å². The van der Waals surface area contributed by atoms with Gasteiger partial charge in [0.05, 0.1) is 29.8 Å². The zero-order chi connectivity index (χ0) is 30.5. The molecular formula is C36H37Cl2NO4. The van der Waals surface area contributed by atoms with E-state index in [0.29, 0.717) is 36.2 Å². The first-order valence-corrected chi connectivity index (χ1v) is 15.3. The van der Waals surface area contributed by atoms with Crippen LogP contribution in [0.15, 0.2) is 109 Å². The van der Waals surface area contributed by atoms with Crippen LogP contribution in [-0.4, -0.2) is 42.9 Å². The van der Waals surface area contributed by atoms with E-state index in [0.717, 1.165) is 22.3 Å². The lowest BCUT2D eigenvalue weighted by molar-refractivity contribution is -0.132. The number of hydrogen-bond acceptors (Lipinski definition) is 4. The molecule has 0 aliphatic carbocycles. The number of carbonyl (C=O) groups is 1. The fraction of sp³-hybridized carbons (Fsp3) is 0.306. The van der Waals surface area contributed by atoms with Gasteiger partial charge in [-0.3, -0.25) is 0 Å². The van der Waals surface area contributed by atoms with Gasteiger partial charge in [0.15, 0.2) is 0 Å². The van der Waals surface area contributed by atoms with Gasteiger partial charge in [0, 0.05) is 13.0 Å². The molecule has 0 N–H and O–H groups in total. The van der Waals surface area contributed by atoms with Gasteiger partial charge in [-0.1, -0.05) is 120 Å². The predicted molar refractivity (Wildman–Crippen MR) is 172 cm³/mol. The Balaban J connectivity index is 1.54. The Labute approximate surface area is 264 Å². The third kappa shape index (κ3) is 6.91. The Morgan fingerprint density at radius 1 is 0.814 bits per heavy atom. The van der Waals surface area contributed by atoms with Gasteiger partial charge >= 0.3 is 6.09 Å². The maximum Gasteiger partial charge on any atom is 0.410 e. The van der Waals surface area contributed by atoms with Gasteiger partial charge in [-0.05, 0) is 55.2 Å². The molecule has 1 amide bonds. The highest BCUT2D eigenvalue weighted by atomic mass is 35.5. The Morgan fingerprint density at radius 2 is 1.35 bits per heavy atom. The molecule has 1 fully saturated rings. The van der Waals surface area contributed by atoms with Crippen molar-refractivity contribution in [3.63, 3.8) is 0 Å². The van der Waals surface area contributed by atoms with Crippen molar-refractivity contribution in [2.75, 3.05) is 26.3 Å². The Morgan fingerprint density at radius 3 is 1.84 bits per heavy atom. The third-order valence-corrected chi connectivity index (χ3v) is 8.39. The highest BCUT2D eigenvalue weighted by molar-refractivity contribution is 6.42. The summed E-state index contributed by atoms with van der Waals surface area (Å²) >= 11 is 12.8. The van der Waals surface area contributed by atoms with E-state index in [1.54, 1.807) is 11.0 Å². The lowest BCUT2D eigenvalue weighted by Crippen LogP contribution is -2.53. The van der Waals surface area contributed by atoms with Crippen molar-refractivity contribution < 1.29 is 19.0 Å². The second-order valence-electron chi connectivity index (χ2n) is 11.8. The van der Waals surface area contributed by atoms with Gasteiger partial charge in [-0.15, -0.1) is 0 Å². The molecule has 4 aromatic rings. The summed E-state index contributed by atoms with van der Waals surface area (Å²) in [6.07, 6.45) is 0.0618. The first-order valence-electron chi connectivity index (χ1n) is 14.5. The molecule has 4 aromatic carbocycles. The van der Waals surface area contributed by atoms with E-state index in [1.165, 1.54) is 0 Å². The van der Waals surface area contributed by atoms with E-state index in [1.807, 2.05) is 87.5 Å². The molecule has 5 nitrogen and oxygen atoms in total. The molecule has 1 saturated heterocycles. The van der Waals surface area contributed by atoms with Crippen molar-refractivity contribution in [3.05, 3.63) is 141 Å². The largest absolute Gasteiger partial charge is 0.444 e. The number of morpholine rings is 1. The number of nitrogens with zero attached hydrogens (tertiary/aromatic N) is 1. The Kier molecular flexibility index (Phi) is 9.48. The molecule has 0 radical (unpaired) electrons. The van der Waals surface area contributed by atoms with Crippen LogP contribution in [0.3, 0.4) is 0 Å². The average molecular weight is 619 g/mol. The molecule has 0 bridgehead atoms. The minimum Gasteiger partial charge on any atom is -0.444 e. The Hall–Kier alpha value is -3.35. The van der Waals surface area contributed by atoms with Crippen molar-refractivity contribution in [2.24, 2.45) is 0 Å². The summed E-state index contributed by atoms with van der Waals surface area (Å²) in [4.78, 5) is 14.9. The average Bonchev–Trinajstić information content (AvgIpc) is 3.01. The normalized spacial score (nSPS) is 17.5. The second kappa shape index (κ2) is 13.1. The molecule has 1 atom stereocenters. The maximum absolute atomic E-state index is 13.2. The number of benzene rings is 4. The first kappa shape index (κ1) is 31.1. The molecule has 1 unspecified atom stereocenters. The standard InChI is InChI=1S/C36H37Cl2NO4/c1-34(2,3)43-33(40)39-22-24-41-35(26-39,30-19-20-31(37)32(38)25-30)21-23-42-36(27-13-7-4-8-14-27,28-15-9-5-10-16-28)29-17-11-6-12-18-29/h4-20,25H,21-24,26H2,1-3H3. The monoisotopic (exact) mass is 617 g/mol. The Bertz CT molecular complexity index is 1410. The van der Waals surface area contributed by atoms with Crippen LogP contribution in [0, 0.1) is 0 Å². The predicted octanol–water partition coefficient (Wildman–Crippen LogP) is 8.85. The van der Waals surface area contributed by atoms with Crippen LogP contribution in [0.5, 0.6) is 0 Å². The maximum atomic E-state index is 13.2. The number of halogens is 2. The van der Waals surface area contributed by atoms with E-state index in [4.69, 9.17) is 37.4 Å². The van der Waals surface area contributed by atoms with Crippen LogP contribution in [0.4, 0.5) is 4.79 Å².